The molecule has 1 unspecified atom stereocenters. The number of halogens is 1. The Bertz CT molecular complexity index is 317. The Kier molecular flexibility index (Phi) is 4.88. The summed E-state index contributed by atoms with van der Waals surface area (Å²) < 4.78 is 5.54. The molecule has 0 radical (unpaired) electrons. The van der Waals surface area contributed by atoms with E-state index in [2.05, 4.69) is 0 Å². The van der Waals surface area contributed by atoms with Crippen molar-refractivity contribution >= 4 is 11.6 Å². The number of ether oxygens (including phenoxy) is 1. The predicted octanol–water partition coefficient (Wildman–Crippen LogP) is 1.81. The molecule has 0 aromatic heterocycles. The van der Waals surface area contributed by atoms with Crippen molar-refractivity contribution in [3.63, 3.8) is 0 Å². The molecule has 0 saturated carbocycles. The molecule has 1 aromatic rings. The average Bonchev–Trinajstić information content (AvgIpc) is 2.26. The minimum absolute atomic E-state index is 0.0897. The number of aliphatic hydroxyl groups excluding tert-OH is 1. The van der Waals surface area contributed by atoms with Gasteiger partial charge in [0.05, 0.1) is 11.6 Å². The van der Waals surface area contributed by atoms with Crippen LogP contribution in [0.5, 0.6) is 5.75 Å². The third kappa shape index (κ3) is 3.38. The van der Waals surface area contributed by atoms with Crippen molar-refractivity contribution in [2.75, 3.05) is 13.2 Å². The van der Waals surface area contributed by atoms with Gasteiger partial charge in [0.2, 0.25) is 0 Å². The van der Waals surface area contributed by atoms with Crippen molar-refractivity contribution in [3.8, 4) is 5.75 Å². The molecule has 3 nitrogen and oxygen atoms in total. The lowest BCUT2D eigenvalue weighted by atomic mass is 10.2. The van der Waals surface area contributed by atoms with Crippen LogP contribution in [0, 0.1) is 5.92 Å². The maximum absolute atomic E-state index is 8.87. The van der Waals surface area contributed by atoms with Crippen molar-refractivity contribution in [1.82, 2.24) is 0 Å². The molecule has 0 saturated heterocycles. The summed E-state index contributed by atoms with van der Waals surface area (Å²) in [4.78, 5) is 0. The molecule has 0 aliphatic carbocycles. The number of para-hydroxylation sites is 1. The van der Waals surface area contributed by atoms with Gasteiger partial charge in [-0.3, -0.25) is 0 Å². The van der Waals surface area contributed by atoms with Gasteiger partial charge in [0.1, 0.15) is 5.75 Å². The highest BCUT2D eigenvalue weighted by Gasteiger charge is 2.08. The van der Waals surface area contributed by atoms with Crippen LogP contribution in [0.4, 0.5) is 0 Å². The monoisotopic (exact) mass is 229 g/mol. The number of rotatable bonds is 5. The summed E-state index contributed by atoms with van der Waals surface area (Å²) >= 11 is 5.99. The molecule has 0 aliphatic rings. The fourth-order valence-corrected chi connectivity index (χ4v) is 1.40. The molecule has 1 atom stereocenters. The molecule has 3 N–H and O–H groups in total. The zero-order valence-corrected chi connectivity index (χ0v) is 9.50. The number of benzene rings is 1. The smallest absolute Gasteiger partial charge is 0.142 e. The quantitative estimate of drug-likeness (QED) is 0.810. The van der Waals surface area contributed by atoms with Crippen LogP contribution < -0.4 is 10.5 Å². The average molecular weight is 230 g/mol. The Balaban J connectivity index is 2.74. The van der Waals surface area contributed by atoms with Crippen LogP contribution in [0.25, 0.3) is 0 Å². The second kappa shape index (κ2) is 5.95. The van der Waals surface area contributed by atoms with Crippen LogP contribution in [0.1, 0.15) is 12.5 Å². The Labute approximate surface area is 94.8 Å². The first-order valence-corrected chi connectivity index (χ1v) is 5.28. The van der Waals surface area contributed by atoms with Crippen molar-refractivity contribution in [2.45, 2.75) is 13.5 Å². The number of nitrogens with two attached hydrogens (primary N) is 1. The normalized spacial score (nSPS) is 12.5. The summed E-state index contributed by atoms with van der Waals surface area (Å²) in [5.41, 5.74) is 6.45. The number of hydrogen-bond donors (Lipinski definition) is 2. The van der Waals surface area contributed by atoms with Crippen LogP contribution in [-0.4, -0.2) is 18.3 Å². The van der Waals surface area contributed by atoms with Crippen LogP contribution in [0.3, 0.4) is 0 Å². The van der Waals surface area contributed by atoms with E-state index in [1.807, 2.05) is 19.1 Å². The largest absolute Gasteiger partial charge is 0.491 e. The van der Waals surface area contributed by atoms with Crippen molar-refractivity contribution < 1.29 is 9.84 Å². The second-order valence-electron chi connectivity index (χ2n) is 3.53. The molecule has 4 heteroatoms. The van der Waals surface area contributed by atoms with Gasteiger partial charge in [0.25, 0.3) is 0 Å². The highest BCUT2D eigenvalue weighted by atomic mass is 35.5. The van der Waals surface area contributed by atoms with Gasteiger partial charge in [-0.05, 0) is 6.07 Å². The van der Waals surface area contributed by atoms with Gasteiger partial charge in [-0.2, -0.15) is 0 Å². The van der Waals surface area contributed by atoms with Gasteiger partial charge in [-0.25, -0.2) is 0 Å². The van der Waals surface area contributed by atoms with E-state index >= 15 is 0 Å². The van der Waals surface area contributed by atoms with Crippen LogP contribution in [0.15, 0.2) is 18.2 Å². The lowest BCUT2D eigenvalue weighted by molar-refractivity contribution is 0.173. The predicted molar refractivity (Wildman–Crippen MR) is 61.1 cm³/mol. The summed E-state index contributed by atoms with van der Waals surface area (Å²) in [6, 6.07) is 5.48. The highest BCUT2D eigenvalue weighted by molar-refractivity contribution is 6.32. The molecule has 0 spiro atoms. The van der Waals surface area contributed by atoms with Crippen molar-refractivity contribution in [1.29, 1.82) is 0 Å². The Morgan fingerprint density at radius 3 is 2.87 bits per heavy atom. The molecule has 1 aromatic carbocycles. The zero-order chi connectivity index (χ0) is 11.3. The molecule has 0 amide bonds. The molecule has 1 rings (SSSR count). The summed E-state index contributed by atoms with van der Waals surface area (Å²) in [7, 11) is 0. The lowest BCUT2D eigenvalue weighted by Crippen LogP contribution is -2.13. The molecule has 84 valence electrons. The third-order valence-electron chi connectivity index (χ3n) is 2.09. The molecular formula is C11H16ClNO2. The van der Waals surface area contributed by atoms with Crippen LogP contribution >= 0.6 is 11.6 Å². The van der Waals surface area contributed by atoms with E-state index in [-0.39, 0.29) is 12.5 Å². The van der Waals surface area contributed by atoms with Crippen LogP contribution in [-0.2, 0) is 6.54 Å². The number of hydrogen-bond acceptors (Lipinski definition) is 3. The maximum Gasteiger partial charge on any atom is 0.142 e. The summed E-state index contributed by atoms with van der Waals surface area (Å²) in [5, 5.41) is 9.43. The van der Waals surface area contributed by atoms with E-state index in [0.29, 0.717) is 23.9 Å². The van der Waals surface area contributed by atoms with E-state index in [0.717, 1.165) is 5.56 Å². The molecule has 15 heavy (non-hydrogen) atoms. The van der Waals surface area contributed by atoms with Crippen LogP contribution in [0.2, 0.25) is 5.02 Å². The van der Waals surface area contributed by atoms with Gasteiger partial charge in [-0.15, -0.1) is 0 Å². The van der Waals surface area contributed by atoms with Gasteiger partial charge in [0, 0.05) is 24.6 Å². The van der Waals surface area contributed by atoms with E-state index in [1.54, 1.807) is 6.07 Å². The Morgan fingerprint density at radius 1 is 1.53 bits per heavy atom. The summed E-state index contributed by atoms with van der Waals surface area (Å²) in [5.74, 6) is 0.717. The Hall–Kier alpha value is -0.770. The fraction of sp³-hybridized carbons (Fsp3) is 0.455. The van der Waals surface area contributed by atoms with E-state index in [1.165, 1.54) is 0 Å². The summed E-state index contributed by atoms with van der Waals surface area (Å²) in [6.07, 6.45) is 0. The zero-order valence-electron chi connectivity index (χ0n) is 8.74. The molecule has 0 fully saturated rings. The molecular weight excluding hydrogens is 214 g/mol. The molecule has 0 bridgehead atoms. The third-order valence-corrected chi connectivity index (χ3v) is 2.39. The first-order valence-electron chi connectivity index (χ1n) is 4.90. The highest BCUT2D eigenvalue weighted by Crippen LogP contribution is 2.28. The Morgan fingerprint density at radius 2 is 2.27 bits per heavy atom. The molecule has 0 heterocycles. The minimum Gasteiger partial charge on any atom is -0.491 e. The molecule has 0 aliphatic heterocycles. The number of aliphatic hydroxyl groups is 1. The van der Waals surface area contributed by atoms with E-state index in [9.17, 15) is 0 Å². The topological polar surface area (TPSA) is 55.5 Å². The SMILES string of the molecule is CC(CO)COc1c(Cl)cccc1CN. The first kappa shape index (κ1) is 12.3. The van der Waals surface area contributed by atoms with Gasteiger partial charge >= 0.3 is 0 Å². The van der Waals surface area contributed by atoms with Gasteiger partial charge in [0.15, 0.2) is 0 Å². The van der Waals surface area contributed by atoms with Gasteiger partial charge in [-0.1, -0.05) is 30.7 Å². The van der Waals surface area contributed by atoms with E-state index < -0.39 is 0 Å². The first-order chi connectivity index (χ1) is 7.19. The maximum atomic E-state index is 8.87. The summed E-state index contributed by atoms with van der Waals surface area (Å²) in [6.45, 7) is 2.83. The lowest BCUT2D eigenvalue weighted by Gasteiger charge is -2.14. The second-order valence-corrected chi connectivity index (χ2v) is 3.94. The standard InChI is InChI=1S/C11H16ClNO2/c1-8(6-14)7-15-11-9(5-13)3-2-4-10(11)12/h2-4,8,14H,5-7,13H2,1H3. The van der Waals surface area contributed by atoms with Crippen molar-refractivity contribution in [2.24, 2.45) is 11.7 Å². The fourth-order valence-electron chi connectivity index (χ4n) is 1.15. The minimum atomic E-state index is 0.0897. The van der Waals surface area contributed by atoms with Crippen molar-refractivity contribution in [3.05, 3.63) is 28.8 Å². The van der Waals surface area contributed by atoms with Gasteiger partial charge < -0.3 is 15.6 Å². The van der Waals surface area contributed by atoms with E-state index in [4.69, 9.17) is 27.2 Å².